The molecule has 7 nitrogen and oxygen atoms in total. The lowest BCUT2D eigenvalue weighted by molar-refractivity contribution is 0.589. The highest BCUT2D eigenvalue weighted by Crippen LogP contribution is 2.29. The molecule has 1 aliphatic rings. The zero-order valence-electron chi connectivity index (χ0n) is 15.7. The summed E-state index contributed by atoms with van der Waals surface area (Å²) >= 11 is 0. The number of hydrogen-bond donors (Lipinski definition) is 2. The smallest absolute Gasteiger partial charge is 0.120 e. The molecule has 0 unspecified atom stereocenters. The molecule has 5 heterocycles. The van der Waals surface area contributed by atoms with Crippen LogP contribution in [0.5, 0.6) is 0 Å². The minimum absolute atomic E-state index is 0.807. The van der Waals surface area contributed by atoms with E-state index in [0.29, 0.717) is 0 Å². The van der Waals surface area contributed by atoms with E-state index >= 15 is 0 Å². The maximum Gasteiger partial charge on any atom is 0.120 e. The van der Waals surface area contributed by atoms with Crippen LogP contribution >= 0.6 is 0 Å². The van der Waals surface area contributed by atoms with E-state index in [1.165, 1.54) is 0 Å². The summed E-state index contributed by atoms with van der Waals surface area (Å²) in [4.78, 5) is 16.4. The van der Waals surface area contributed by atoms with Crippen molar-refractivity contribution in [3.05, 3.63) is 54.5 Å². The van der Waals surface area contributed by atoms with Crippen molar-refractivity contribution < 1.29 is 0 Å². The van der Waals surface area contributed by atoms with Gasteiger partial charge < -0.3 is 10.2 Å². The van der Waals surface area contributed by atoms with Gasteiger partial charge in [0.15, 0.2) is 0 Å². The molecule has 2 N–H and O–H groups in total. The summed E-state index contributed by atoms with van der Waals surface area (Å²) in [6.45, 7) is 5.93. The summed E-state index contributed by atoms with van der Waals surface area (Å²) in [5, 5.41) is 10.8. The Morgan fingerprint density at radius 3 is 2.71 bits per heavy atom. The Morgan fingerprint density at radius 2 is 1.86 bits per heavy atom. The second-order valence-electron chi connectivity index (χ2n) is 6.98. The average Bonchev–Trinajstić information content (AvgIpc) is 3.23. The molecule has 0 atom stereocenters. The van der Waals surface area contributed by atoms with Gasteiger partial charge in [-0.25, -0.2) is 4.98 Å². The Bertz CT molecular complexity index is 1130. The van der Waals surface area contributed by atoms with Crippen LogP contribution in [-0.2, 0) is 0 Å². The van der Waals surface area contributed by atoms with Gasteiger partial charge in [0.25, 0.3) is 0 Å². The number of hydrogen-bond acceptors (Lipinski definition) is 6. The molecule has 28 heavy (non-hydrogen) atoms. The van der Waals surface area contributed by atoms with E-state index in [-0.39, 0.29) is 0 Å². The van der Waals surface area contributed by atoms with Gasteiger partial charge in [-0.05, 0) is 37.3 Å². The van der Waals surface area contributed by atoms with Gasteiger partial charge in [0.2, 0.25) is 0 Å². The molecule has 1 fully saturated rings. The summed E-state index contributed by atoms with van der Waals surface area (Å²) in [6.07, 6.45) is 3.82. The number of pyridine rings is 3. The third-order valence-corrected chi connectivity index (χ3v) is 5.05. The molecule has 4 aromatic heterocycles. The van der Waals surface area contributed by atoms with Gasteiger partial charge in [0, 0.05) is 43.6 Å². The lowest BCUT2D eigenvalue weighted by atomic mass is 10.1. The lowest BCUT2D eigenvalue weighted by Gasteiger charge is -2.29. The maximum absolute atomic E-state index is 4.89. The van der Waals surface area contributed by atoms with Gasteiger partial charge in [-0.1, -0.05) is 6.07 Å². The molecule has 0 aromatic carbocycles. The first kappa shape index (κ1) is 16.8. The molecule has 1 saturated heterocycles. The number of anilines is 1. The first-order chi connectivity index (χ1) is 13.8. The van der Waals surface area contributed by atoms with E-state index in [0.717, 1.165) is 71.2 Å². The van der Waals surface area contributed by atoms with Crippen molar-refractivity contribution in [2.75, 3.05) is 31.1 Å². The van der Waals surface area contributed by atoms with E-state index < -0.39 is 0 Å². The SMILES string of the molecule is Cc1cccc(-c2n[nH]cc2-c2ccc3ncc(N4CCNCC4)cc3n2)n1. The maximum atomic E-state index is 4.89. The van der Waals surface area contributed by atoms with Crippen LogP contribution in [0, 0.1) is 6.92 Å². The lowest BCUT2D eigenvalue weighted by Crippen LogP contribution is -2.43. The van der Waals surface area contributed by atoms with Gasteiger partial charge in [-0.2, -0.15) is 5.10 Å². The molecule has 0 amide bonds. The fourth-order valence-electron chi connectivity index (χ4n) is 3.60. The van der Waals surface area contributed by atoms with Crippen LogP contribution in [0.15, 0.2) is 48.8 Å². The molecule has 140 valence electrons. The number of H-pyrrole nitrogens is 1. The van der Waals surface area contributed by atoms with Gasteiger partial charge in [0.1, 0.15) is 5.69 Å². The van der Waals surface area contributed by atoms with Crippen molar-refractivity contribution in [2.24, 2.45) is 0 Å². The predicted molar refractivity (Wildman–Crippen MR) is 110 cm³/mol. The highest BCUT2D eigenvalue weighted by Gasteiger charge is 2.15. The van der Waals surface area contributed by atoms with E-state index in [1.807, 2.05) is 49.6 Å². The van der Waals surface area contributed by atoms with Crippen molar-refractivity contribution in [3.8, 4) is 22.6 Å². The molecule has 0 bridgehead atoms. The topological polar surface area (TPSA) is 82.6 Å². The monoisotopic (exact) mass is 371 g/mol. The van der Waals surface area contributed by atoms with Crippen LogP contribution in [0.2, 0.25) is 0 Å². The molecule has 0 spiro atoms. The second-order valence-corrected chi connectivity index (χ2v) is 6.98. The van der Waals surface area contributed by atoms with E-state index in [9.17, 15) is 0 Å². The first-order valence-electron chi connectivity index (χ1n) is 9.48. The zero-order chi connectivity index (χ0) is 18.9. The molecular formula is C21H21N7. The quantitative estimate of drug-likeness (QED) is 0.576. The molecule has 4 aromatic rings. The summed E-state index contributed by atoms with van der Waals surface area (Å²) in [7, 11) is 0. The molecule has 0 saturated carbocycles. The molecule has 0 aliphatic carbocycles. The number of aryl methyl sites for hydroxylation is 1. The van der Waals surface area contributed by atoms with Crippen LogP contribution in [0.4, 0.5) is 5.69 Å². The standard InChI is InChI=1S/C21H21N7/c1-14-3-2-4-19(25-14)21-16(13-24-27-21)17-5-6-18-20(26-17)11-15(12-23-18)28-9-7-22-8-10-28/h2-6,11-13,22H,7-10H2,1H3,(H,24,27). The van der Waals surface area contributed by atoms with E-state index in [2.05, 4.69) is 36.4 Å². The van der Waals surface area contributed by atoms with Crippen LogP contribution in [0.1, 0.15) is 5.69 Å². The normalized spacial score (nSPS) is 14.5. The highest BCUT2D eigenvalue weighted by molar-refractivity contribution is 5.84. The van der Waals surface area contributed by atoms with Gasteiger partial charge >= 0.3 is 0 Å². The van der Waals surface area contributed by atoms with Crippen LogP contribution in [0.3, 0.4) is 0 Å². The van der Waals surface area contributed by atoms with Crippen molar-refractivity contribution in [3.63, 3.8) is 0 Å². The summed E-state index contributed by atoms with van der Waals surface area (Å²) in [6, 6.07) is 12.1. The minimum Gasteiger partial charge on any atom is -0.368 e. The number of rotatable bonds is 3. The Morgan fingerprint density at radius 1 is 0.964 bits per heavy atom. The van der Waals surface area contributed by atoms with Gasteiger partial charge in [-0.15, -0.1) is 0 Å². The van der Waals surface area contributed by atoms with Crippen molar-refractivity contribution in [1.29, 1.82) is 0 Å². The average molecular weight is 371 g/mol. The Kier molecular flexibility index (Phi) is 4.21. The van der Waals surface area contributed by atoms with Gasteiger partial charge in [-0.3, -0.25) is 15.1 Å². The molecule has 1 aliphatic heterocycles. The van der Waals surface area contributed by atoms with E-state index in [1.54, 1.807) is 0 Å². The minimum atomic E-state index is 0.807. The van der Waals surface area contributed by atoms with Crippen LogP contribution in [-0.4, -0.2) is 51.3 Å². The third-order valence-electron chi connectivity index (χ3n) is 5.05. The first-order valence-corrected chi connectivity index (χ1v) is 9.48. The highest BCUT2D eigenvalue weighted by atomic mass is 15.2. The van der Waals surface area contributed by atoms with Crippen molar-refractivity contribution in [1.82, 2.24) is 30.5 Å². The Labute approximate surface area is 162 Å². The molecule has 5 rings (SSSR count). The van der Waals surface area contributed by atoms with Crippen LogP contribution < -0.4 is 10.2 Å². The number of nitrogens with one attached hydrogen (secondary N) is 2. The summed E-state index contributed by atoms with van der Waals surface area (Å²) < 4.78 is 0. The number of fused-ring (bicyclic) bond motifs is 1. The molecule has 0 radical (unpaired) electrons. The summed E-state index contributed by atoms with van der Waals surface area (Å²) in [5.41, 5.74) is 7.30. The number of aromatic amines is 1. The molecule has 7 heteroatoms. The van der Waals surface area contributed by atoms with Crippen molar-refractivity contribution >= 4 is 16.7 Å². The fraction of sp³-hybridized carbons (Fsp3) is 0.238. The Hall–Kier alpha value is -3.32. The number of piperazine rings is 1. The van der Waals surface area contributed by atoms with Crippen LogP contribution in [0.25, 0.3) is 33.7 Å². The zero-order valence-corrected chi connectivity index (χ0v) is 15.7. The molecular weight excluding hydrogens is 350 g/mol. The van der Waals surface area contributed by atoms with E-state index in [4.69, 9.17) is 4.98 Å². The summed E-state index contributed by atoms with van der Waals surface area (Å²) in [5.74, 6) is 0. The number of nitrogens with zero attached hydrogens (tertiary/aromatic N) is 5. The van der Waals surface area contributed by atoms with Gasteiger partial charge in [0.05, 0.1) is 34.3 Å². The fourth-order valence-corrected chi connectivity index (χ4v) is 3.60. The van der Waals surface area contributed by atoms with Crippen molar-refractivity contribution in [2.45, 2.75) is 6.92 Å². The predicted octanol–water partition coefficient (Wildman–Crippen LogP) is 2.80. The largest absolute Gasteiger partial charge is 0.368 e. The number of aromatic nitrogens is 5. The second kappa shape index (κ2) is 7.01. The third kappa shape index (κ3) is 3.10. The Balaban J connectivity index is 1.56.